The standard InChI is InChI=1S/C21H24N2O4S/c1-16-7-9-19(10-8-16)22-20(24)15-28(26,27)14-17-5-4-6-18(13-17)21(25)23-11-2-3-12-23/h4-10,13H,2-3,11-12,14-15H2,1H3,(H,22,24). The fourth-order valence-electron chi connectivity index (χ4n) is 3.24. The Kier molecular flexibility index (Phi) is 6.14. The molecule has 2 amide bonds. The van der Waals surface area contributed by atoms with E-state index in [2.05, 4.69) is 5.32 Å². The molecule has 3 rings (SSSR count). The number of aryl methyl sites for hydroxylation is 1. The van der Waals surface area contributed by atoms with Crippen LogP contribution >= 0.6 is 0 Å². The summed E-state index contributed by atoms with van der Waals surface area (Å²) < 4.78 is 24.9. The number of nitrogens with zero attached hydrogens (tertiary/aromatic N) is 1. The third kappa shape index (κ3) is 5.42. The summed E-state index contributed by atoms with van der Waals surface area (Å²) in [6.07, 6.45) is 1.99. The van der Waals surface area contributed by atoms with Gasteiger partial charge in [-0.15, -0.1) is 0 Å². The van der Waals surface area contributed by atoms with Crippen molar-refractivity contribution in [2.45, 2.75) is 25.5 Å². The first kappa shape index (κ1) is 20.1. The Morgan fingerprint density at radius 2 is 1.71 bits per heavy atom. The Morgan fingerprint density at radius 1 is 1.04 bits per heavy atom. The van der Waals surface area contributed by atoms with Crippen LogP contribution < -0.4 is 5.32 Å². The van der Waals surface area contributed by atoms with Crippen LogP contribution in [0.3, 0.4) is 0 Å². The quantitative estimate of drug-likeness (QED) is 0.808. The number of benzene rings is 2. The maximum Gasteiger partial charge on any atom is 0.253 e. The van der Waals surface area contributed by atoms with Gasteiger partial charge in [-0.05, 0) is 49.6 Å². The molecule has 0 atom stereocenters. The molecule has 1 aliphatic rings. The summed E-state index contributed by atoms with van der Waals surface area (Å²) in [5, 5.41) is 2.60. The van der Waals surface area contributed by atoms with Gasteiger partial charge in [-0.25, -0.2) is 8.42 Å². The van der Waals surface area contributed by atoms with Crippen molar-refractivity contribution in [2.75, 3.05) is 24.2 Å². The molecule has 0 spiro atoms. The summed E-state index contributed by atoms with van der Waals surface area (Å²) >= 11 is 0. The number of hydrogen-bond acceptors (Lipinski definition) is 4. The van der Waals surface area contributed by atoms with Crippen LogP contribution in [0.15, 0.2) is 48.5 Å². The Morgan fingerprint density at radius 3 is 2.39 bits per heavy atom. The van der Waals surface area contributed by atoms with Crippen molar-refractivity contribution in [1.29, 1.82) is 0 Å². The van der Waals surface area contributed by atoms with Gasteiger partial charge in [0.15, 0.2) is 9.84 Å². The first-order valence-corrected chi connectivity index (χ1v) is 11.1. The minimum Gasteiger partial charge on any atom is -0.339 e. The zero-order chi connectivity index (χ0) is 20.1. The van der Waals surface area contributed by atoms with Crippen molar-refractivity contribution >= 4 is 27.3 Å². The second-order valence-corrected chi connectivity index (χ2v) is 9.21. The molecule has 0 unspecified atom stereocenters. The summed E-state index contributed by atoms with van der Waals surface area (Å²) in [6.45, 7) is 3.40. The molecule has 6 nitrogen and oxygen atoms in total. The zero-order valence-electron chi connectivity index (χ0n) is 15.8. The number of amides is 2. The fourth-order valence-corrected chi connectivity index (χ4v) is 4.50. The van der Waals surface area contributed by atoms with Crippen LogP contribution in [0.25, 0.3) is 0 Å². The van der Waals surface area contributed by atoms with Gasteiger partial charge in [0.2, 0.25) is 5.91 Å². The van der Waals surface area contributed by atoms with E-state index in [-0.39, 0.29) is 11.7 Å². The topological polar surface area (TPSA) is 83.5 Å². The Balaban J connectivity index is 1.63. The highest BCUT2D eigenvalue weighted by Gasteiger charge is 2.21. The number of hydrogen-bond donors (Lipinski definition) is 1. The molecule has 2 aromatic carbocycles. The van der Waals surface area contributed by atoms with E-state index in [1.54, 1.807) is 41.3 Å². The van der Waals surface area contributed by atoms with Crippen LogP contribution in [0.5, 0.6) is 0 Å². The molecule has 0 bridgehead atoms. The molecule has 148 valence electrons. The van der Waals surface area contributed by atoms with Crippen LogP contribution in [0, 0.1) is 6.92 Å². The molecule has 28 heavy (non-hydrogen) atoms. The molecule has 1 fully saturated rings. The largest absolute Gasteiger partial charge is 0.339 e. The number of likely N-dealkylation sites (tertiary alicyclic amines) is 1. The molecule has 0 saturated carbocycles. The summed E-state index contributed by atoms with van der Waals surface area (Å²) in [5.41, 5.74) is 2.60. The molecule has 0 radical (unpaired) electrons. The first-order chi connectivity index (χ1) is 13.3. The number of anilines is 1. The van der Waals surface area contributed by atoms with E-state index in [0.29, 0.717) is 16.8 Å². The molecule has 1 N–H and O–H groups in total. The highest BCUT2D eigenvalue weighted by molar-refractivity contribution is 7.91. The van der Waals surface area contributed by atoms with Crippen molar-refractivity contribution in [3.63, 3.8) is 0 Å². The molecular formula is C21H24N2O4S. The van der Waals surface area contributed by atoms with E-state index in [1.165, 1.54) is 0 Å². The molecule has 7 heteroatoms. The van der Waals surface area contributed by atoms with Crippen molar-refractivity contribution in [1.82, 2.24) is 4.90 Å². The normalized spacial score (nSPS) is 14.1. The van der Waals surface area contributed by atoms with Gasteiger partial charge in [0.05, 0.1) is 5.75 Å². The predicted octanol–water partition coefficient (Wildman–Crippen LogP) is 2.78. The van der Waals surface area contributed by atoms with Gasteiger partial charge in [0, 0.05) is 24.3 Å². The number of carbonyl (C=O) groups is 2. The number of carbonyl (C=O) groups excluding carboxylic acids is 2. The Hall–Kier alpha value is -2.67. The second kappa shape index (κ2) is 8.56. The van der Waals surface area contributed by atoms with E-state index in [9.17, 15) is 18.0 Å². The Labute approximate surface area is 165 Å². The molecule has 2 aromatic rings. The highest BCUT2D eigenvalue weighted by atomic mass is 32.2. The van der Waals surface area contributed by atoms with Crippen LogP contribution in [-0.2, 0) is 20.4 Å². The van der Waals surface area contributed by atoms with Crippen LogP contribution in [0.2, 0.25) is 0 Å². The minimum absolute atomic E-state index is 0.0751. The average molecular weight is 401 g/mol. The monoisotopic (exact) mass is 400 g/mol. The van der Waals surface area contributed by atoms with E-state index in [4.69, 9.17) is 0 Å². The van der Waals surface area contributed by atoms with Crippen LogP contribution in [0.1, 0.15) is 34.3 Å². The number of rotatable bonds is 6. The molecular weight excluding hydrogens is 376 g/mol. The van der Waals surface area contributed by atoms with E-state index >= 15 is 0 Å². The van der Waals surface area contributed by atoms with Crippen molar-refractivity contribution in [3.05, 3.63) is 65.2 Å². The van der Waals surface area contributed by atoms with Gasteiger partial charge in [0.25, 0.3) is 5.91 Å². The van der Waals surface area contributed by atoms with Crippen molar-refractivity contribution < 1.29 is 18.0 Å². The van der Waals surface area contributed by atoms with Gasteiger partial charge in [-0.3, -0.25) is 9.59 Å². The van der Waals surface area contributed by atoms with Crippen molar-refractivity contribution in [3.8, 4) is 0 Å². The maximum atomic E-state index is 12.5. The van der Waals surface area contributed by atoms with Gasteiger partial charge in [-0.1, -0.05) is 29.8 Å². The second-order valence-electron chi connectivity index (χ2n) is 7.15. The maximum absolute atomic E-state index is 12.5. The lowest BCUT2D eigenvalue weighted by Crippen LogP contribution is -2.27. The summed E-state index contributed by atoms with van der Waals surface area (Å²) in [7, 11) is -3.66. The highest BCUT2D eigenvalue weighted by Crippen LogP contribution is 2.16. The SMILES string of the molecule is Cc1ccc(NC(=O)CS(=O)(=O)Cc2cccc(C(=O)N3CCCC3)c2)cc1. The van der Waals surface area contributed by atoms with Gasteiger partial charge < -0.3 is 10.2 Å². The number of nitrogens with one attached hydrogen (secondary N) is 1. The average Bonchev–Trinajstić information content (AvgIpc) is 3.17. The summed E-state index contributed by atoms with van der Waals surface area (Å²) in [6, 6.07) is 13.8. The smallest absolute Gasteiger partial charge is 0.253 e. The lowest BCUT2D eigenvalue weighted by Gasteiger charge is -2.15. The van der Waals surface area contributed by atoms with Crippen LogP contribution in [-0.4, -0.2) is 44.0 Å². The third-order valence-electron chi connectivity index (χ3n) is 4.64. The van der Waals surface area contributed by atoms with E-state index in [1.807, 2.05) is 19.1 Å². The molecule has 1 aliphatic heterocycles. The van der Waals surface area contributed by atoms with Gasteiger partial charge in [0.1, 0.15) is 5.75 Å². The predicted molar refractivity (Wildman–Crippen MR) is 109 cm³/mol. The third-order valence-corrected chi connectivity index (χ3v) is 6.12. The summed E-state index contributed by atoms with van der Waals surface area (Å²) in [4.78, 5) is 26.4. The lowest BCUT2D eigenvalue weighted by molar-refractivity contribution is -0.113. The number of sulfone groups is 1. The zero-order valence-corrected chi connectivity index (χ0v) is 16.7. The molecule has 0 aromatic heterocycles. The van der Waals surface area contributed by atoms with E-state index < -0.39 is 21.5 Å². The molecule has 1 saturated heterocycles. The molecule has 0 aliphatic carbocycles. The summed E-state index contributed by atoms with van der Waals surface area (Å²) in [5.74, 6) is -1.54. The van der Waals surface area contributed by atoms with Gasteiger partial charge >= 0.3 is 0 Å². The first-order valence-electron chi connectivity index (χ1n) is 9.27. The lowest BCUT2D eigenvalue weighted by atomic mass is 10.1. The van der Waals surface area contributed by atoms with Gasteiger partial charge in [-0.2, -0.15) is 0 Å². The minimum atomic E-state index is -3.66. The van der Waals surface area contributed by atoms with Crippen LogP contribution in [0.4, 0.5) is 5.69 Å². The van der Waals surface area contributed by atoms with E-state index in [0.717, 1.165) is 31.5 Å². The fraction of sp³-hybridized carbons (Fsp3) is 0.333. The molecule has 1 heterocycles. The van der Waals surface area contributed by atoms with Crippen molar-refractivity contribution in [2.24, 2.45) is 0 Å². The Bertz CT molecular complexity index is 962.